The molecule has 0 amide bonds. The third-order valence-corrected chi connectivity index (χ3v) is 4.77. The Morgan fingerprint density at radius 1 is 0.958 bits per heavy atom. The van der Waals surface area contributed by atoms with Crippen LogP contribution in [0.4, 0.5) is 25.2 Å². The van der Waals surface area contributed by atoms with Crippen molar-refractivity contribution < 1.29 is 40.2 Å². The maximum atomic E-state index is 11.9. The summed E-state index contributed by atoms with van der Waals surface area (Å²) in [6.07, 6.45) is 0. The van der Waals surface area contributed by atoms with Crippen molar-refractivity contribution in [3.63, 3.8) is 0 Å². The molecule has 2 N–H and O–H groups in total. The summed E-state index contributed by atoms with van der Waals surface area (Å²) < 4.78 is 59.2. The first-order valence-corrected chi connectivity index (χ1v) is 10.6. The zero-order valence-corrected chi connectivity index (χ0v) is 14.8. The van der Waals surface area contributed by atoms with Gasteiger partial charge in [0.25, 0.3) is 0 Å². The minimum Gasteiger partial charge on any atom is -0.391 e. The minimum atomic E-state index is -10.7. The molecular weight excluding hydrogens is 401 g/mol. The molecule has 0 fully saturated rings. The van der Waals surface area contributed by atoms with E-state index in [-0.39, 0.29) is 29.9 Å². The Labute approximate surface area is 143 Å². The number of hydrogen-bond acceptors (Lipinski definition) is 4. The molecule has 1 aromatic carbocycles. The molecule has 0 aliphatic carbocycles. The average molecular weight is 418 g/mol. The fourth-order valence-corrected chi connectivity index (χ4v) is 3.12. The number of aliphatic hydroxyl groups is 2. The first-order chi connectivity index (χ1) is 10.6. The molecule has 0 unspecified atom stereocenters. The molecule has 142 valence electrons. The molecule has 0 bridgehead atoms. The van der Waals surface area contributed by atoms with Crippen LogP contribution in [0.15, 0.2) is 29.2 Å². The van der Waals surface area contributed by atoms with Crippen molar-refractivity contribution in [2.75, 3.05) is 30.5 Å². The summed E-state index contributed by atoms with van der Waals surface area (Å²) in [5.41, 5.74) is 0.663. The number of carbonyl (C=O) groups is 1. The molecule has 24 heavy (non-hydrogen) atoms. The average Bonchev–Trinajstić information content (AvgIpc) is 2.36. The maximum absolute atomic E-state index is 11.9. The van der Waals surface area contributed by atoms with Gasteiger partial charge in [-0.3, -0.25) is 4.79 Å². The Balaban J connectivity index is 0.000000640. The predicted molar refractivity (Wildman–Crippen MR) is 87.7 cm³/mol. The molecule has 3 nitrogen and oxygen atoms in total. The normalized spacial score (nSPS) is 14.4. The van der Waals surface area contributed by atoms with E-state index in [1.54, 1.807) is 24.3 Å². The summed E-state index contributed by atoms with van der Waals surface area (Å²) in [5.74, 6) is 1.62. The molecule has 0 spiro atoms. The summed E-state index contributed by atoms with van der Waals surface area (Å²) in [7, 11) is -10.9. The van der Waals surface area contributed by atoms with Crippen LogP contribution in [0.5, 0.6) is 0 Å². The summed E-state index contributed by atoms with van der Waals surface area (Å²) in [5, 5.41) is 17.8. The van der Waals surface area contributed by atoms with Crippen molar-refractivity contribution in [1.29, 1.82) is 0 Å². The van der Waals surface area contributed by atoms with Crippen LogP contribution in [0.25, 0.3) is 0 Å². The van der Waals surface area contributed by atoms with E-state index in [0.717, 1.165) is 4.90 Å². The molecule has 12 heteroatoms. The number of rotatable bonds is 7. The quantitative estimate of drug-likeness (QED) is 0.205. The van der Waals surface area contributed by atoms with Gasteiger partial charge in [0.2, 0.25) is 5.78 Å². The second kappa shape index (κ2) is 8.27. The van der Waals surface area contributed by atoms with Gasteiger partial charge >= 0.3 is 33.0 Å². The number of benzene rings is 1. The van der Waals surface area contributed by atoms with E-state index in [0.29, 0.717) is 22.8 Å². The van der Waals surface area contributed by atoms with E-state index in [9.17, 15) is 30.0 Å². The second-order valence-electron chi connectivity index (χ2n) is 4.54. The van der Waals surface area contributed by atoms with E-state index in [2.05, 4.69) is 12.6 Å². The fourth-order valence-electron chi connectivity index (χ4n) is 1.42. The van der Waals surface area contributed by atoms with Crippen LogP contribution in [0.2, 0.25) is 0 Å². The number of aliphatic hydroxyl groups excluding tert-OH is 2. The van der Waals surface area contributed by atoms with Crippen molar-refractivity contribution in [1.82, 2.24) is 0 Å². The van der Waals surface area contributed by atoms with Crippen LogP contribution in [0.1, 0.15) is 10.4 Å². The molecule has 0 aromatic heterocycles. The van der Waals surface area contributed by atoms with Gasteiger partial charge in [0.15, 0.2) is 5.75 Å². The van der Waals surface area contributed by atoms with Crippen molar-refractivity contribution in [2.45, 2.75) is 4.90 Å². The minimum absolute atomic E-state index is 0.0589. The predicted octanol–water partition coefficient (Wildman–Crippen LogP) is 4.14. The third kappa shape index (κ3) is 16.4. The summed E-state index contributed by atoms with van der Waals surface area (Å²) in [6, 6.07) is 7.08. The molecule has 1 aromatic rings. The van der Waals surface area contributed by atoms with Gasteiger partial charge in [-0.05, 0) is 12.1 Å². The molecule has 0 radical (unpaired) electrons. The number of hydrogen-bond donors (Lipinski definition) is 3. The van der Waals surface area contributed by atoms with Crippen LogP contribution in [0.3, 0.4) is 0 Å². The van der Waals surface area contributed by atoms with Gasteiger partial charge in [-0.1, -0.05) is 12.1 Å². The Morgan fingerprint density at radius 2 is 1.33 bits per heavy atom. The fraction of sp³-hybridized carbons (Fsp3) is 0.417. The van der Waals surface area contributed by atoms with Gasteiger partial charge in [-0.25, -0.2) is 0 Å². The first kappa shape index (κ1) is 23.5. The molecule has 1 rings (SSSR count). The first-order valence-electron chi connectivity index (χ1n) is 6.37. The van der Waals surface area contributed by atoms with Gasteiger partial charge in [0.1, 0.15) is 11.5 Å². The van der Waals surface area contributed by atoms with Crippen molar-refractivity contribution in [2.24, 2.45) is 0 Å². The van der Waals surface area contributed by atoms with Crippen molar-refractivity contribution >= 4 is 37.1 Å². The van der Waals surface area contributed by atoms with E-state index < -0.39 is 7.81 Å². The topological polar surface area (TPSA) is 57.5 Å². The zero-order valence-electron chi connectivity index (χ0n) is 12.2. The summed E-state index contributed by atoms with van der Waals surface area (Å²) in [6.45, 7) is 0.123. The van der Waals surface area contributed by atoms with Gasteiger partial charge in [-0.2, -0.15) is 0 Å². The number of halogens is 6. The van der Waals surface area contributed by atoms with Gasteiger partial charge in [-0.15, -0.1) is 12.6 Å². The SMILES string of the molecule is F[P-](F)(F)(F)(F)F.O=C(C[S+](CCO)CCO)c1ccc(S)cc1. The molecule has 0 saturated carbocycles. The van der Waals surface area contributed by atoms with Crippen LogP contribution >= 0.6 is 20.4 Å². The van der Waals surface area contributed by atoms with Gasteiger partial charge in [0.05, 0.1) is 13.2 Å². The smallest absolute Gasteiger partial charge is 0.211 e. The standard InChI is InChI=1S/C12H16O3S2.F6P/c13-5-7-17(8-6-14)9-12(15)10-1-3-11(16)4-2-10;1-7(2,3,4,5)6/h1-4,13-14H,5-9H2;/q;-1/p+1. The molecule has 0 aliphatic rings. The van der Waals surface area contributed by atoms with Gasteiger partial charge in [0, 0.05) is 21.4 Å². The van der Waals surface area contributed by atoms with Crippen LogP contribution in [0, 0.1) is 0 Å². The van der Waals surface area contributed by atoms with Crippen LogP contribution in [-0.4, -0.2) is 46.5 Å². The monoisotopic (exact) mass is 418 g/mol. The Kier molecular flexibility index (Phi) is 8.10. The summed E-state index contributed by atoms with van der Waals surface area (Å²) >= 11 is 4.16. The zero-order chi connectivity index (χ0) is 19.1. The summed E-state index contributed by atoms with van der Waals surface area (Å²) in [4.78, 5) is 12.8. The number of thiol groups is 1. The molecule has 0 atom stereocenters. The largest absolute Gasteiger partial charge is 0.391 e. The van der Waals surface area contributed by atoms with E-state index in [1.165, 1.54) is 0 Å². The number of Topliss-reactive ketones (excluding diaryl/α,β-unsaturated/α-hetero) is 1. The Bertz CT molecular complexity index is 518. The van der Waals surface area contributed by atoms with E-state index in [4.69, 9.17) is 10.2 Å². The molecule has 0 heterocycles. The third-order valence-electron chi connectivity index (χ3n) is 2.28. The Morgan fingerprint density at radius 3 is 1.67 bits per heavy atom. The number of ketones is 1. The van der Waals surface area contributed by atoms with E-state index in [1.807, 2.05) is 0 Å². The van der Waals surface area contributed by atoms with E-state index >= 15 is 0 Å². The Hall–Kier alpha value is -0.480. The van der Waals surface area contributed by atoms with Crippen molar-refractivity contribution in [3.8, 4) is 0 Å². The molecule has 0 aliphatic heterocycles. The molecule has 0 saturated heterocycles. The maximum Gasteiger partial charge on any atom is 0.211 e. The number of carbonyl (C=O) groups excluding carboxylic acids is 1. The van der Waals surface area contributed by atoms with Crippen LogP contribution in [-0.2, 0) is 10.9 Å². The van der Waals surface area contributed by atoms with Crippen LogP contribution < -0.4 is 0 Å². The van der Waals surface area contributed by atoms with Crippen molar-refractivity contribution in [3.05, 3.63) is 29.8 Å². The van der Waals surface area contributed by atoms with Gasteiger partial charge < -0.3 is 10.2 Å². The second-order valence-corrected chi connectivity index (χ2v) is 9.30. The molecular formula is C12H17F6O3PS2.